The normalized spacial score (nSPS) is 20.3. The highest BCUT2D eigenvalue weighted by Crippen LogP contribution is 2.34. The highest BCUT2D eigenvalue weighted by atomic mass is 16.5. The van der Waals surface area contributed by atoms with E-state index in [2.05, 4.69) is 0 Å². The fourth-order valence-electron chi connectivity index (χ4n) is 2.05. The number of anilines is 1. The Morgan fingerprint density at radius 3 is 2.81 bits per heavy atom. The molecule has 1 aliphatic rings. The SMILES string of the molecule is COc1cccc(C)c1N1CC(O)CC1=O. The highest BCUT2D eigenvalue weighted by Gasteiger charge is 2.31. The van der Waals surface area contributed by atoms with Crippen LogP contribution in [0, 0.1) is 6.92 Å². The Hall–Kier alpha value is -1.55. The molecule has 1 atom stereocenters. The molecule has 86 valence electrons. The summed E-state index contributed by atoms with van der Waals surface area (Å²) >= 11 is 0. The molecule has 4 heteroatoms. The number of hydrogen-bond donors (Lipinski definition) is 1. The maximum atomic E-state index is 11.7. The molecular weight excluding hydrogens is 206 g/mol. The van der Waals surface area contributed by atoms with E-state index in [4.69, 9.17) is 4.74 Å². The van der Waals surface area contributed by atoms with E-state index in [0.717, 1.165) is 11.3 Å². The van der Waals surface area contributed by atoms with Gasteiger partial charge in [0.15, 0.2) is 0 Å². The molecule has 4 nitrogen and oxygen atoms in total. The Labute approximate surface area is 94.4 Å². The van der Waals surface area contributed by atoms with Gasteiger partial charge in [0.05, 0.1) is 31.9 Å². The maximum Gasteiger partial charge on any atom is 0.229 e. The van der Waals surface area contributed by atoms with E-state index in [1.165, 1.54) is 0 Å². The predicted molar refractivity (Wildman–Crippen MR) is 60.7 cm³/mol. The molecule has 16 heavy (non-hydrogen) atoms. The van der Waals surface area contributed by atoms with Gasteiger partial charge in [-0.15, -0.1) is 0 Å². The molecule has 1 amide bonds. The van der Waals surface area contributed by atoms with Crippen molar-refractivity contribution in [2.45, 2.75) is 19.4 Å². The minimum absolute atomic E-state index is 0.0555. The van der Waals surface area contributed by atoms with Gasteiger partial charge in [-0.1, -0.05) is 12.1 Å². The van der Waals surface area contributed by atoms with Crippen LogP contribution in [0.1, 0.15) is 12.0 Å². The lowest BCUT2D eigenvalue weighted by molar-refractivity contribution is -0.117. The molecule has 1 aliphatic heterocycles. The Balaban J connectivity index is 2.43. The van der Waals surface area contributed by atoms with Crippen molar-refractivity contribution in [2.75, 3.05) is 18.6 Å². The lowest BCUT2D eigenvalue weighted by Gasteiger charge is -2.21. The summed E-state index contributed by atoms with van der Waals surface area (Å²) in [6, 6.07) is 5.63. The third-order valence-electron chi connectivity index (χ3n) is 2.80. The predicted octanol–water partition coefficient (Wildman–Crippen LogP) is 1.10. The van der Waals surface area contributed by atoms with Crippen LogP contribution in [0.4, 0.5) is 5.69 Å². The first-order valence-electron chi connectivity index (χ1n) is 5.25. The quantitative estimate of drug-likeness (QED) is 0.813. The molecule has 2 rings (SSSR count). The summed E-state index contributed by atoms with van der Waals surface area (Å²) in [5, 5.41) is 9.48. The van der Waals surface area contributed by atoms with E-state index in [9.17, 15) is 9.90 Å². The van der Waals surface area contributed by atoms with Crippen molar-refractivity contribution < 1.29 is 14.6 Å². The second-order valence-corrected chi connectivity index (χ2v) is 3.99. The topological polar surface area (TPSA) is 49.8 Å². The first kappa shape index (κ1) is 11.0. The molecule has 0 bridgehead atoms. The third-order valence-corrected chi connectivity index (χ3v) is 2.80. The van der Waals surface area contributed by atoms with Crippen LogP contribution in [0.2, 0.25) is 0 Å². The van der Waals surface area contributed by atoms with Crippen molar-refractivity contribution in [3.63, 3.8) is 0 Å². The summed E-state index contributed by atoms with van der Waals surface area (Å²) in [7, 11) is 1.58. The van der Waals surface area contributed by atoms with E-state index < -0.39 is 6.10 Å². The Kier molecular flexibility index (Phi) is 2.83. The molecule has 1 aromatic carbocycles. The molecule has 0 aromatic heterocycles. The summed E-state index contributed by atoms with van der Waals surface area (Å²) < 4.78 is 5.25. The number of ether oxygens (including phenoxy) is 1. The zero-order valence-corrected chi connectivity index (χ0v) is 9.43. The van der Waals surface area contributed by atoms with Gasteiger partial charge < -0.3 is 14.7 Å². The summed E-state index contributed by atoms with van der Waals surface area (Å²) in [4.78, 5) is 13.3. The Morgan fingerprint density at radius 1 is 1.50 bits per heavy atom. The van der Waals surface area contributed by atoms with Gasteiger partial charge in [0.2, 0.25) is 5.91 Å². The molecular formula is C12H15NO3. The van der Waals surface area contributed by atoms with Gasteiger partial charge in [0.1, 0.15) is 5.75 Å². The molecule has 1 saturated heterocycles. The second kappa shape index (κ2) is 4.14. The number of carbonyl (C=O) groups is 1. The van der Waals surface area contributed by atoms with E-state index in [1.807, 2.05) is 25.1 Å². The standard InChI is InChI=1S/C12H15NO3/c1-8-4-3-5-10(16-2)12(8)13-7-9(14)6-11(13)15/h3-5,9,14H,6-7H2,1-2H3. The molecule has 0 spiro atoms. The van der Waals surface area contributed by atoms with Crippen LogP contribution in [-0.4, -0.2) is 30.8 Å². The fraction of sp³-hybridized carbons (Fsp3) is 0.417. The van der Waals surface area contributed by atoms with E-state index in [1.54, 1.807) is 12.0 Å². The fourth-order valence-corrected chi connectivity index (χ4v) is 2.05. The van der Waals surface area contributed by atoms with Gasteiger partial charge in [-0.3, -0.25) is 4.79 Å². The summed E-state index contributed by atoms with van der Waals surface area (Å²) in [5.74, 6) is 0.613. The molecule has 1 aromatic rings. The second-order valence-electron chi connectivity index (χ2n) is 3.99. The molecule has 0 radical (unpaired) electrons. The number of aliphatic hydroxyl groups is 1. The van der Waals surface area contributed by atoms with E-state index in [-0.39, 0.29) is 12.3 Å². The van der Waals surface area contributed by atoms with Crippen molar-refractivity contribution in [1.82, 2.24) is 0 Å². The molecule has 1 unspecified atom stereocenters. The smallest absolute Gasteiger partial charge is 0.229 e. The first-order chi connectivity index (χ1) is 7.63. The van der Waals surface area contributed by atoms with Gasteiger partial charge in [-0.05, 0) is 18.6 Å². The highest BCUT2D eigenvalue weighted by molar-refractivity contribution is 5.98. The number of β-amino-alcohol motifs (C(OH)–C–C–N with tert-alkyl or cyclic N) is 1. The number of benzene rings is 1. The number of aliphatic hydroxyl groups excluding tert-OH is 1. The van der Waals surface area contributed by atoms with Crippen LogP contribution in [0.25, 0.3) is 0 Å². The van der Waals surface area contributed by atoms with Crippen LogP contribution >= 0.6 is 0 Å². The summed E-state index contributed by atoms with van der Waals surface area (Å²) in [6.45, 7) is 2.27. The number of hydrogen-bond acceptors (Lipinski definition) is 3. The van der Waals surface area contributed by atoms with Gasteiger partial charge in [0, 0.05) is 0 Å². The van der Waals surface area contributed by atoms with Crippen LogP contribution < -0.4 is 9.64 Å². The van der Waals surface area contributed by atoms with Crippen LogP contribution in [0.3, 0.4) is 0 Å². The maximum absolute atomic E-state index is 11.7. The zero-order valence-electron chi connectivity index (χ0n) is 9.43. The van der Waals surface area contributed by atoms with Crippen LogP contribution in [0.5, 0.6) is 5.75 Å². The van der Waals surface area contributed by atoms with Crippen molar-refractivity contribution >= 4 is 11.6 Å². The Morgan fingerprint density at radius 2 is 2.25 bits per heavy atom. The molecule has 1 fully saturated rings. The van der Waals surface area contributed by atoms with E-state index in [0.29, 0.717) is 12.3 Å². The minimum Gasteiger partial charge on any atom is -0.495 e. The number of carbonyl (C=O) groups excluding carboxylic acids is 1. The molecule has 1 N–H and O–H groups in total. The van der Waals surface area contributed by atoms with Gasteiger partial charge in [0.25, 0.3) is 0 Å². The summed E-state index contributed by atoms with van der Waals surface area (Å²) in [5.41, 5.74) is 1.74. The number of methoxy groups -OCH3 is 1. The Bertz CT molecular complexity index is 417. The average molecular weight is 221 g/mol. The van der Waals surface area contributed by atoms with Crippen LogP contribution in [0.15, 0.2) is 18.2 Å². The monoisotopic (exact) mass is 221 g/mol. The molecule has 0 aliphatic carbocycles. The van der Waals surface area contributed by atoms with E-state index >= 15 is 0 Å². The number of para-hydroxylation sites is 1. The molecule has 0 saturated carbocycles. The summed E-state index contributed by atoms with van der Waals surface area (Å²) in [6.07, 6.45) is -0.380. The van der Waals surface area contributed by atoms with Crippen molar-refractivity contribution in [3.05, 3.63) is 23.8 Å². The average Bonchev–Trinajstić information content (AvgIpc) is 2.57. The van der Waals surface area contributed by atoms with Gasteiger partial charge in [-0.25, -0.2) is 0 Å². The van der Waals surface area contributed by atoms with Crippen LogP contribution in [-0.2, 0) is 4.79 Å². The zero-order chi connectivity index (χ0) is 11.7. The van der Waals surface area contributed by atoms with Crippen molar-refractivity contribution in [1.29, 1.82) is 0 Å². The van der Waals surface area contributed by atoms with Gasteiger partial charge in [-0.2, -0.15) is 0 Å². The molecule has 1 heterocycles. The lowest BCUT2D eigenvalue weighted by atomic mass is 10.1. The van der Waals surface area contributed by atoms with Gasteiger partial charge >= 0.3 is 0 Å². The van der Waals surface area contributed by atoms with Crippen molar-refractivity contribution in [3.8, 4) is 5.75 Å². The largest absolute Gasteiger partial charge is 0.495 e. The number of nitrogens with zero attached hydrogens (tertiary/aromatic N) is 1. The lowest BCUT2D eigenvalue weighted by Crippen LogP contribution is -2.26. The van der Waals surface area contributed by atoms with Crippen molar-refractivity contribution in [2.24, 2.45) is 0 Å². The number of amides is 1. The number of rotatable bonds is 2. The first-order valence-corrected chi connectivity index (χ1v) is 5.25. The number of aryl methyl sites for hydroxylation is 1. The third kappa shape index (κ3) is 1.76. The minimum atomic E-state index is -0.572.